The van der Waals surface area contributed by atoms with Gasteiger partial charge in [0.05, 0.1) is 6.61 Å². The lowest BCUT2D eigenvalue weighted by atomic mass is 10.1. The molecule has 0 fully saturated rings. The van der Waals surface area contributed by atoms with E-state index < -0.39 is 0 Å². The third kappa shape index (κ3) is 3.74. The molecule has 0 aliphatic carbocycles. The van der Waals surface area contributed by atoms with Crippen molar-refractivity contribution >= 4 is 11.6 Å². The highest BCUT2D eigenvalue weighted by Crippen LogP contribution is 2.14. The zero-order chi connectivity index (χ0) is 13.5. The van der Waals surface area contributed by atoms with E-state index >= 15 is 0 Å². The molecule has 0 heterocycles. The number of hydrogen-bond acceptors (Lipinski definition) is 3. The van der Waals surface area contributed by atoms with Crippen LogP contribution < -0.4 is 5.73 Å². The van der Waals surface area contributed by atoms with Gasteiger partial charge in [-0.3, -0.25) is 4.79 Å². The summed E-state index contributed by atoms with van der Waals surface area (Å²) in [5.41, 5.74) is 8.08. The van der Waals surface area contributed by atoms with Gasteiger partial charge in [-0.2, -0.15) is 0 Å². The molecule has 1 rings (SSSR count). The average molecular weight is 250 g/mol. The number of rotatable bonds is 6. The van der Waals surface area contributed by atoms with Crippen molar-refractivity contribution in [3.05, 3.63) is 29.3 Å². The van der Waals surface area contributed by atoms with Gasteiger partial charge in [0.1, 0.15) is 0 Å². The Kier molecular flexibility index (Phi) is 5.65. The zero-order valence-electron chi connectivity index (χ0n) is 11.4. The molecular weight excluding hydrogens is 228 g/mol. The molecule has 0 bridgehead atoms. The number of nitrogen functional groups attached to an aromatic ring is 1. The molecule has 4 nitrogen and oxygen atoms in total. The Balaban J connectivity index is 2.73. The van der Waals surface area contributed by atoms with Gasteiger partial charge in [-0.05, 0) is 44.5 Å². The highest BCUT2D eigenvalue weighted by molar-refractivity contribution is 5.94. The highest BCUT2D eigenvalue weighted by atomic mass is 16.5. The number of amides is 1. The van der Waals surface area contributed by atoms with Gasteiger partial charge >= 0.3 is 0 Å². The molecule has 0 aliphatic heterocycles. The number of nitrogens with zero attached hydrogens (tertiary/aromatic N) is 1. The van der Waals surface area contributed by atoms with Crippen LogP contribution in [0.4, 0.5) is 5.69 Å². The number of aryl methyl sites for hydroxylation is 1. The molecule has 0 unspecified atom stereocenters. The molecule has 1 aromatic carbocycles. The van der Waals surface area contributed by atoms with E-state index in [1.165, 1.54) is 0 Å². The fourth-order valence-electron chi connectivity index (χ4n) is 1.71. The van der Waals surface area contributed by atoms with Gasteiger partial charge < -0.3 is 15.4 Å². The minimum atomic E-state index is 0.0281. The maximum absolute atomic E-state index is 12.3. The molecule has 0 aliphatic rings. The molecule has 18 heavy (non-hydrogen) atoms. The van der Waals surface area contributed by atoms with E-state index in [2.05, 4.69) is 0 Å². The van der Waals surface area contributed by atoms with Crippen LogP contribution in [-0.2, 0) is 4.74 Å². The number of nitrogens with two attached hydrogens (primary N) is 1. The molecule has 1 aromatic rings. The Morgan fingerprint density at radius 2 is 2.11 bits per heavy atom. The first kappa shape index (κ1) is 14.5. The predicted molar refractivity (Wildman–Crippen MR) is 73.7 cm³/mol. The molecule has 0 spiro atoms. The first-order valence-electron chi connectivity index (χ1n) is 6.33. The largest absolute Gasteiger partial charge is 0.399 e. The summed E-state index contributed by atoms with van der Waals surface area (Å²) in [4.78, 5) is 14.0. The Bertz CT molecular complexity index is 405. The Hall–Kier alpha value is -1.55. The van der Waals surface area contributed by atoms with Crippen LogP contribution in [0.1, 0.15) is 29.8 Å². The molecule has 4 heteroatoms. The number of ether oxygens (including phenoxy) is 1. The summed E-state index contributed by atoms with van der Waals surface area (Å²) in [5, 5.41) is 0. The van der Waals surface area contributed by atoms with Crippen LogP contribution in [-0.4, -0.2) is 37.1 Å². The zero-order valence-corrected chi connectivity index (χ0v) is 11.4. The molecule has 0 radical (unpaired) electrons. The molecular formula is C14H22N2O2. The summed E-state index contributed by atoms with van der Waals surface area (Å²) in [6.07, 6.45) is 0. The average Bonchev–Trinajstić information content (AvgIpc) is 2.37. The van der Waals surface area contributed by atoms with Gasteiger partial charge in [-0.15, -0.1) is 0 Å². The Morgan fingerprint density at radius 3 is 2.67 bits per heavy atom. The number of carbonyl (C=O) groups excluding carboxylic acids is 1. The first-order valence-corrected chi connectivity index (χ1v) is 6.33. The molecule has 2 N–H and O–H groups in total. The molecule has 0 aromatic heterocycles. The predicted octanol–water partition coefficient (Wildman–Crippen LogP) is 2.08. The number of carbonyl (C=O) groups is 1. The van der Waals surface area contributed by atoms with Gasteiger partial charge in [-0.1, -0.05) is 0 Å². The summed E-state index contributed by atoms with van der Waals surface area (Å²) in [6, 6.07) is 5.38. The highest BCUT2D eigenvalue weighted by Gasteiger charge is 2.14. The van der Waals surface area contributed by atoms with E-state index in [4.69, 9.17) is 10.5 Å². The van der Waals surface area contributed by atoms with E-state index in [0.717, 1.165) is 5.56 Å². The van der Waals surface area contributed by atoms with Gasteiger partial charge in [0, 0.05) is 30.9 Å². The van der Waals surface area contributed by atoms with E-state index in [0.29, 0.717) is 37.6 Å². The van der Waals surface area contributed by atoms with E-state index in [-0.39, 0.29) is 5.91 Å². The second-order valence-electron chi connectivity index (χ2n) is 4.15. The molecule has 0 saturated heterocycles. The van der Waals surface area contributed by atoms with Crippen molar-refractivity contribution in [2.75, 3.05) is 32.0 Å². The number of hydrogen-bond donors (Lipinski definition) is 1. The standard InChI is InChI=1S/C14H22N2O2/c1-4-16(8-9-18-5-2)14(17)12-6-7-13(15)11(3)10-12/h6-7,10H,4-5,8-9,15H2,1-3H3. The summed E-state index contributed by atoms with van der Waals surface area (Å²) in [6.45, 7) is 8.36. The summed E-state index contributed by atoms with van der Waals surface area (Å²) >= 11 is 0. The van der Waals surface area contributed by atoms with Crippen molar-refractivity contribution in [1.29, 1.82) is 0 Å². The van der Waals surface area contributed by atoms with Crippen molar-refractivity contribution in [2.24, 2.45) is 0 Å². The summed E-state index contributed by atoms with van der Waals surface area (Å²) in [7, 11) is 0. The maximum Gasteiger partial charge on any atom is 0.253 e. The van der Waals surface area contributed by atoms with Crippen LogP contribution >= 0.6 is 0 Å². The van der Waals surface area contributed by atoms with Crippen LogP contribution in [0, 0.1) is 6.92 Å². The number of likely N-dealkylation sites (N-methyl/N-ethyl adjacent to an activating group) is 1. The van der Waals surface area contributed by atoms with E-state index in [1.54, 1.807) is 17.0 Å². The minimum Gasteiger partial charge on any atom is -0.399 e. The smallest absolute Gasteiger partial charge is 0.253 e. The quantitative estimate of drug-likeness (QED) is 0.621. The third-order valence-corrected chi connectivity index (χ3v) is 2.90. The van der Waals surface area contributed by atoms with Gasteiger partial charge in [0.25, 0.3) is 5.91 Å². The fourth-order valence-corrected chi connectivity index (χ4v) is 1.71. The van der Waals surface area contributed by atoms with Crippen molar-refractivity contribution in [3.8, 4) is 0 Å². The van der Waals surface area contributed by atoms with Crippen LogP contribution in [0.2, 0.25) is 0 Å². The lowest BCUT2D eigenvalue weighted by Gasteiger charge is -2.21. The number of anilines is 1. The van der Waals surface area contributed by atoms with Crippen molar-refractivity contribution in [2.45, 2.75) is 20.8 Å². The topological polar surface area (TPSA) is 55.6 Å². The Morgan fingerprint density at radius 1 is 1.39 bits per heavy atom. The summed E-state index contributed by atoms with van der Waals surface area (Å²) in [5.74, 6) is 0.0281. The second kappa shape index (κ2) is 7.01. The third-order valence-electron chi connectivity index (χ3n) is 2.90. The molecule has 100 valence electrons. The minimum absolute atomic E-state index is 0.0281. The molecule has 1 amide bonds. The second-order valence-corrected chi connectivity index (χ2v) is 4.15. The van der Waals surface area contributed by atoms with Crippen molar-refractivity contribution in [1.82, 2.24) is 4.90 Å². The summed E-state index contributed by atoms with van der Waals surface area (Å²) < 4.78 is 5.28. The van der Waals surface area contributed by atoms with Gasteiger partial charge in [-0.25, -0.2) is 0 Å². The SMILES string of the molecule is CCOCCN(CC)C(=O)c1ccc(N)c(C)c1. The monoisotopic (exact) mass is 250 g/mol. The Labute approximate surface area is 109 Å². The van der Waals surface area contributed by atoms with Gasteiger partial charge in [0.2, 0.25) is 0 Å². The fraction of sp³-hybridized carbons (Fsp3) is 0.500. The lowest BCUT2D eigenvalue weighted by molar-refractivity contribution is 0.0669. The van der Waals surface area contributed by atoms with Crippen LogP contribution in [0.25, 0.3) is 0 Å². The first-order chi connectivity index (χ1) is 8.60. The molecule has 0 saturated carbocycles. The van der Waals surface area contributed by atoms with Crippen LogP contribution in [0.15, 0.2) is 18.2 Å². The van der Waals surface area contributed by atoms with Gasteiger partial charge in [0.15, 0.2) is 0 Å². The van der Waals surface area contributed by atoms with Crippen molar-refractivity contribution < 1.29 is 9.53 Å². The van der Waals surface area contributed by atoms with Crippen LogP contribution in [0.5, 0.6) is 0 Å². The lowest BCUT2D eigenvalue weighted by Crippen LogP contribution is -2.33. The van der Waals surface area contributed by atoms with E-state index in [9.17, 15) is 4.79 Å². The number of benzene rings is 1. The van der Waals surface area contributed by atoms with E-state index in [1.807, 2.05) is 26.8 Å². The maximum atomic E-state index is 12.3. The van der Waals surface area contributed by atoms with Crippen LogP contribution in [0.3, 0.4) is 0 Å². The van der Waals surface area contributed by atoms with Crippen molar-refractivity contribution in [3.63, 3.8) is 0 Å². The normalized spacial score (nSPS) is 10.4. The molecule has 0 atom stereocenters.